The smallest absolute Gasteiger partial charge is 0.267 e. The topological polar surface area (TPSA) is 34.9 Å². The van der Waals surface area contributed by atoms with E-state index in [2.05, 4.69) is 6.92 Å². The molecule has 0 saturated carbocycles. The molecule has 0 radical (unpaired) electrons. The number of thiophene rings is 1. The van der Waals surface area contributed by atoms with Crippen molar-refractivity contribution in [1.82, 2.24) is 9.55 Å². The van der Waals surface area contributed by atoms with Crippen molar-refractivity contribution in [2.24, 2.45) is 5.92 Å². The van der Waals surface area contributed by atoms with Gasteiger partial charge in [-0.05, 0) is 56.2 Å². The van der Waals surface area contributed by atoms with E-state index in [0.717, 1.165) is 46.6 Å². The van der Waals surface area contributed by atoms with Crippen molar-refractivity contribution in [2.75, 3.05) is 0 Å². The minimum absolute atomic E-state index is 0.0915. The Morgan fingerprint density at radius 1 is 1.26 bits per heavy atom. The summed E-state index contributed by atoms with van der Waals surface area (Å²) in [4.78, 5) is 20.3. The molecule has 2 heterocycles. The molecule has 1 unspecified atom stereocenters. The first-order valence-corrected chi connectivity index (χ1v) is 8.98. The second-order valence-corrected chi connectivity index (χ2v) is 7.70. The molecule has 4 rings (SSSR count). The van der Waals surface area contributed by atoms with Gasteiger partial charge >= 0.3 is 0 Å². The molecule has 1 aliphatic carbocycles. The zero-order valence-electron chi connectivity index (χ0n) is 13.7. The molecule has 1 atom stereocenters. The van der Waals surface area contributed by atoms with Crippen molar-refractivity contribution >= 4 is 21.6 Å². The highest BCUT2D eigenvalue weighted by atomic mass is 32.1. The number of hydrogen-bond donors (Lipinski definition) is 0. The number of fused-ring (bicyclic) bond motifs is 3. The number of aromatic nitrogens is 2. The summed E-state index contributed by atoms with van der Waals surface area (Å²) >= 11 is 1.72. The van der Waals surface area contributed by atoms with Crippen molar-refractivity contribution in [2.45, 2.75) is 40.0 Å². The van der Waals surface area contributed by atoms with Crippen LogP contribution >= 0.6 is 11.3 Å². The van der Waals surface area contributed by atoms with E-state index < -0.39 is 0 Å². The molecule has 118 valence electrons. The highest BCUT2D eigenvalue weighted by Crippen LogP contribution is 2.36. The number of hydrogen-bond acceptors (Lipinski definition) is 3. The maximum absolute atomic E-state index is 13.2. The quantitative estimate of drug-likeness (QED) is 0.673. The van der Waals surface area contributed by atoms with Crippen molar-refractivity contribution < 1.29 is 0 Å². The third kappa shape index (κ3) is 2.24. The van der Waals surface area contributed by atoms with Gasteiger partial charge in [0.1, 0.15) is 10.7 Å². The summed E-state index contributed by atoms with van der Waals surface area (Å²) in [6.07, 6.45) is 3.25. The molecule has 0 bridgehead atoms. The summed E-state index contributed by atoms with van der Waals surface area (Å²) in [6, 6.07) is 8.01. The fraction of sp³-hybridized carbons (Fsp3) is 0.368. The normalized spacial score (nSPS) is 17.4. The van der Waals surface area contributed by atoms with E-state index in [4.69, 9.17) is 4.98 Å². The lowest BCUT2D eigenvalue weighted by Crippen LogP contribution is -2.23. The van der Waals surface area contributed by atoms with Crippen LogP contribution in [0.5, 0.6) is 0 Å². The molecule has 0 fully saturated rings. The van der Waals surface area contributed by atoms with Crippen molar-refractivity contribution in [1.29, 1.82) is 0 Å². The van der Waals surface area contributed by atoms with E-state index in [0.29, 0.717) is 5.92 Å². The Morgan fingerprint density at radius 2 is 2.04 bits per heavy atom. The second-order valence-electron chi connectivity index (χ2n) is 6.62. The Balaban J connectivity index is 2.04. The van der Waals surface area contributed by atoms with Crippen LogP contribution in [0.15, 0.2) is 29.1 Å². The summed E-state index contributed by atoms with van der Waals surface area (Å²) < 4.78 is 1.78. The van der Waals surface area contributed by atoms with Crippen molar-refractivity contribution in [3.8, 4) is 5.69 Å². The molecule has 0 spiro atoms. The van der Waals surface area contributed by atoms with E-state index in [1.165, 1.54) is 10.4 Å². The Hall–Kier alpha value is -1.94. The monoisotopic (exact) mass is 324 g/mol. The molecular weight excluding hydrogens is 304 g/mol. The van der Waals surface area contributed by atoms with Crippen molar-refractivity contribution in [3.63, 3.8) is 0 Å². The SMILES string of the molecule is Cc1ccccc1-n1c(C)nc2sc3c(c2c1=O)CCC(C)C3. The number of aryl methyl sites for hydroxylation is 3. The molecule has 0 N–H and O–H groups in total. The molecule has 2 aromatic heterocycles. The molecule has 3 aromatic rings. The highest BCUT2D eigenvalue weighted by Gasteiger charge is 2.24. The summed E-state index contributed by atoms with van der Waals surface area (Å²) in [5, 5.41) is 0.853. The van der Waals surface area contributed by atoms with E-state index in [1.807, 2.05) is 38.1 Å². The van der Waals surface area contributed by atoms with Gasteiger partial charge in [0.05, 0.1) is 11.1 Å². The average Bonchev–Trinajstić information content (AvgIpc) is 2.86. The summed E-state index contributed by atoms with van der Waals surface area (Å²) in [5.74, 6) is 1.47. The summed E-state index contributed by atoms with van der Waals surface area (Å²) in [5.41, 5.74) is 3.38. The predicted molar refractivity (Wildman–Crippen MR) is 95.9 cm³/mol. The minimum Gasteiger partial charge on any atom is -0.268 e. The van der Waals surface area contributed by atoms with Crippen LogP contribution in [0.3, 0.4) is 0 Å². The fourth-order valence-electron chi connectivity index (χ4n) is 3.59. The predicted octanol–water partition coefficient (Wildman–Crippen LogP) is 4.19. The van der Waals surface area contributed by atoms with Crippen LogP contribution in [0.4, 0.5) is 0 Å². The first kappa shape index (κ1) is 14.6. The maximum atomic E-state index is 13.2. The zero-order chi connectivity index (χ0) is 16.1. The zero-order valence-corrected chi connectivity index (χ0v) is 14.5. The van der Waals surface area contributed by atoms with Gasteiger partial charge in [-0.15, -0.1) is 11.3 Å². The Morgan fingerprint density at radius 3 is 2.83 bits per heavy atom. The van der Waals surface area contributed by atoms with Gasteiger partial charge in [0.25, 0.3) is 5.56 Å². The standard InChI is InChI=1S/C19H20N2OS/c1-11-8-9-14-16(10-11)23-18-17(14)19(22)21(13(3)20-18)15-7-5-4-6-12(15)2/h4-7,11H,8-10H2,1-3H3. The van der Waals surface area contributed by atoms with Gasteiger partial charge in [-0.2, -0.15) is 0 Å². The molecule has 0 saturated heterocycles. The summed E-state index contributed by atoms with van der Waals surface area (Å²) in [7, 11) is 0. The van der Waals surface area contributed by atoms with Gasteiger partial charge < -0.3 is 0 Å². The van der Waals surface area contributed by atoms with Gasteiger partial charge in [0, 0.05) is 4.88 Å². The minimum atomic E-state index is 0.0915. The van der Waals surface area contributed by atoms with Gasteiger partial charge in [0.15, 0.2) is 0 Å². The van der Waals surface area contributed by atoms with Gasteiger partial charge in [-0.3, -0.25) is 9.36 Å². The largest absolute Gasteiger partial charge is 0.268 e. The molecule has 3 nitrogen and oxygen atoms in total. The van der Waals surface area contributed by atoms with Crippen LogP contribution in [0.2, 0.25) is 0 Å². The summed E-state index contributed by atoms with van der Waals surface area (Å²) in [6.45, 7) is 6.25. The van der Waals surface area contributed by atoms with Gasteiger partial charge in [-0.1, -0.05) is 25.1 Å². The van der Waals surface area contributed by atoms with E-state index in [-0.39, 0.29) is 5.56 Å². The number of benzene rings is 1. The third-order valence-corrected chi connectivity index (χ3v) is 6.00. The van der Waals surface area contributed by atoms with Crippen LogP contribution in [-0.2, 0) is 12.8 Å². The first-order chi connectivity index (χ1) is 11.1. The van der Waals surface area contributed by atoms with E-state index in [1.54, 1.807) is 15.9 Å². The number of nitrogens with zero attached hydrogens (tertiary/aromatic N) is 2. The molecule has 1 aromatic carbocycles. The first-order valence-electron chi connectivity index (χ1n) is 8.16. The fourth-order valence-corrected chi connectivity index (χ4v) is 5.01. The van der Waals surface area contributed by atoms with Crippen molar-refractivity contribution in [3.05, 3.63) is 56.4 Å². The Labute approximate surface area is 139 Å². The number of rotatable bonds is 1. The Kier molecular flexibility index (Phi) is 3.38. The van der Waals surface area contributed by atoms with Crippen LogP contribution in [0.1, 0.15) is 35.2 Å². The molecule has 4 heteroatoms. The van der Waals surface area contributed by atoms with Crippen LogP contribution in [0, 0.1) is 19.8 Å². The third-order valence-electron chi connectivity index (χ3n) is 4.85. The maximum Gasteiger partial charge on any atom is 0.267 e. The lowest BCUT2D eigenvalue weighted by atomic mass is 9.89. The molecule has 0 aliphatic heterocycles. The van der Waals surface area contributed by atoms with Crippen LogP contribution in [0.25, 0.3) is 15.9 Å². The van der Waals surface area contributed by atoms with E-state index in [9.17, 15) is 4.79 Å². The lowest BCUT2D eigenvalue weighted by Gasteiger charge is -2.18. The lowest BCUT2D eigenvalue weighted by molar-refractivity contribution is 0.509. The van der Waals surface area contributed by atoms with Gasteiger partial charge in [0.2, 0.25) is 0 Å². The Bertz CT molecular complexity index is 967. The number of para-hydroxylation sites is 1. The van der Waals surface area contributed by atoms with Gasteiger partial charge in [-0.25, -0.2) is 4.98 Å². The van der Waals surface area contributed by atoms with Crippen LogP contribution < -0.4 is 5.56 Å². The molecule has 23 heavy (non-hydrogen) atoms. The molecular formula is C19H20N2OS. The van der Waals surface area contributed by atoms with E-state index >= 15 is 0 Å². The molecule has 0 amide bonds. The second kappa shape index (κ2) is 5.31. The average molecular weight is 324 g/mol. The highest BCUT2D eigenvalue weighted by molar-refractivity contribution is 7.18. The van der Waals surface area contributed by atoms with Crippen LogP contribution in [-0.4, -0.2) is 9.55 Å². The molecule has 1 aliphatic rings.